The molecule has 41 heavy (non-hydrogen) atoms. The monoisotopic (exact) mass is 557 g/mol. The number of nitrogens with zero attached hydrogens (tertiary/aromatic N) is 6. The van der Waals surface area contributed by atoms with Gasteiger partial charge in [0.2, 0.25) is 5.91 Å². The number of fused-ring (bicyclic) bond motifs is 2. The molecule has 1 fully saturated rings. The minimum absolute atomic E-state index is 0.0515. The summed E-state index contributed by atoms with van der Waals surface area (Å²) in [5.74, 6) is 0.740. The lowest BCUT2D eigenvalue weighted by atomic mass is 10.0. The lowest BCUT2D eigenvalue weighted by Gasteiger charge is -2.35. The molecule has 0 saturated carbocycles. The Kier molecular flexibility index (Phi) is 6.83. The third-order valence-corrected chi connectivity index (χ3v) is 6.95. The van der Waals surface area contributed by atoms with Gasteiger partial charge in [-0.15, -0.1) is 0 Å². The average molecular weight is 558 g/mol. The summed E-state index contributed by atoms with van der Waals surface area (Å²) in [6.07, 6.45) is 1.61. The quantitative estimate of drug-likeness (QED) is 0.247. The van der Waals surface area contributed by atoms with Crippen molar-refractivity contribution >= 4 is 45.3 Å². The van der Waals surface area contributed by atoms with Crippen LogP contribution in [0.3, 0.4) is 0 Å². The number of hydrogen-bond acceptors (Lipinski definition) is 9. The van der Waals surface area contributed by atoms with E-state index in [2.05, 4.69) is 47.6 Å². The third kappa shape index (κ3) is 5.21. The molecule has 4 heterocycles. The molecule has 1 amide bonds. The van der Waals surface area contributed by atoms with Crippen LogP contribution >= 0.6 is 0 Å². The molecule has 0 unspecified atom stereocenters. The first-order valence-electron chi connectivity index (χ1n) is 12.9. The zero-order valence-electron chi connectivity index (χ0n) is 21.9. The van der Waals surface area contributed by atoms with E-state index in [1.165, 1.54) is 6.33 Å². The number of piperidine rings is 1. The molecule has 3 N–H and O–H groups in total. The third-order valence-electron chi connectivity index (χ3n) is 6.95. The molecule has 2 aromatic carbocycles. The Balaban J connectivity index is 1.23. The van der Waals surface area contributed by atoms with E-state index in [1.807, 2.05) is 0 Å². The highest BCUT2D eigenvalue weighted by Crippen LogP contribution is 2.33. The van der Waals surface area contributed by atoms with E-state index in [0.29, 0.717) is 63.7 Å². The van der Waals surface area contributed by atoms with E-state index < -0.39 is 23.9 Å². The van der Waals surface area contributed by atoms with Crippen LogP contribution in [0, 0.1) is 12.7 Å². The highest BCUT2D eigenvalue weighted by molar-refractivity contribution is 5.88. The number of aromatic amines is 1. The topological polar surface area (TPSA) is 134 Å². The van der Waals surface area contributed by atoms with Crippen molar-refractivity contribution < 1.29 is 18.3 Å². The summed E-state index contributed by atoms with van der Waals surface area (Å²) < 4.78 is 36.3. The van der Waals surface area contributed by atoms with Crippen molar-refractivity contribution in [3.63, 3.8) is 0 Å². The van der Waals surface area contributed by atoms with Gasteiger partial charge in [-0.25, -0.2) is 23.7 Å². The van der Waals surface area contributed by atoms with Crippen LogP contribution in [-0.2, 0) is 4.79 Å². The number of pyridine rings is 1. The number of ether oxygens (including phenoxy) is 1. The second-order valence-electron chi connectivity index (χ2n) is 9.58. The van der Waals surface area contributed by atoms with Crippen molar-refractivity contribution in [3.05, 3.63) is 72.8 Å². The first-order valence-corrected chi connectivity index (χ1v) is 12.9. The van der Waals surface area contributed by atoms with Crippen LogP contribution in [0.15, 0.2) is 61.4 Å². The number of amides is 1. The number of rotatable bonds is 7. The number of aromatic nitrogens is 6. The maximum atomic E-state index is 15.5. The molecule has 3 aromatic heterocycles. The van der Waals surface area contributed by atoms with Gasteiger partial charge in [-0.1, -0.05) is 6.58 Å². The smallest absolute Gasteiger partial charge is 0.243 e. The molecule has 0 bridgehead atoms. The molecule has 0 aliphatic carbocycles. The van der Waals surface area contributed by atoms with Crippen molar-refractivity contribution in [1.82, 2.24) is 35.7 Å². The Hall–Kier alpha value is -5.20. The van der Waals surface area contributed by atoms with Crippen LogP contribution in [0.4, 0.5) is 26.1 Å². The lowest BCUT2D eigenvalue weighted by Crippen LogP contribution is -2.52. The number of halogens is 2. The Morgan fingerprint density at radius 2 is 1.98 bits per heavy atom. The van der Waals surface area contributed by atoms with Crippen molar-refractivity contribution in [3.8, 4) is 11.5 Å². The molecule has 208 valence electrons. The summed E-state index contributed by atoms with van der Waals surface area (Å²) in [6.45, 7) is 5.56. The molecule has 2 atom stereocenters. The zero-order valence-corrected chi connectivity index (χ0v) is 21.9. The maximum Gasteiger partial charge on any atom is 0.243 e. The fourth-order valence-corrected chi connectivity index (χ4v) is 4.73. The van der Waals surface area contributed by atoms with Gasteiger partial charge in [-0.2, -0.15) is 15.4 Å². The minimum atomic E-state index is -1.29. The molecule has 1 aliphatic rings. The Morgan fingerprint density at radius 3 is 2.80 bits per heavy atom. The second-order valence-corrected chi connectivity index (χ2v) is 9.58. The van der Waals surface area contributed by atoms with Crippen molar-refractivity contribution in [2.24, 2.45) is 0 Å². The van der Waals surface area contributed by atoms with Crippen molar-refractivity contribution in [2.75, 3.05) is 23.3 Å². The Labute approximate surface area is 232 Å². The predicted octanol–water partition coefficient (Wildman–Crippen LogP) is 4.50. The molecule has 13 heteroatoms. The molecule has 5 aromatic rings. The highest BCUT2D eigenvalue weighted by atomic mass is 19.1. The number of carbonyl (C=O) groups is 1. The Bertz CT molecular complexity index is 1780. The average Bonchev–Trinajstić information content (AvgIpc) is 3.46. The van der Waals surface area contributed by atoms with E-state index in [9.17, 15) is 9.18 Å². The van der Waals surface area contributed by atoms with Crippen LogP contribution in [0.2, 0.25) is 0 Å². The molecule has 1 aliphatic heterocycles. The van der Waals surface area contributed by atoms with E-state index in [-0.39, 0.29) is 12.2 Å². The van der Waals surface area contributed by atoms with E-state index in [4.69, 9.17) is 4.74 Å². The second kappa shape index (κ2) is 10.8. The van der Waals surface area contributed by atoms with Gasteiger partial charge in [0.25, 0.3) is 0 Å². The summed E-state index contributed by atoms with van der Waals surface area (Å²) in [5, 5.41) is 16.3. The minimum Gasteiger partial charge on any atom is -0.457 e. The maximum absolute atomic E-state index is 15.5. The lowest BCUT2D eigenvalue weighted by molar-refractivity contribution is -0.117. The molecule has 0 spiro atoms. The summed E-state index contributed by atoms with van der Waals surface area (Å²) in [6, 6.07) is 11.3. The van der Waals surface area contributed by atoms with Crippen LogP contribution in [0.1, 0.15) is 12.0 Å². The number of anilines is 3. The van der Waals surface area contributed by atoms with Crippen LogP contribution in [0.5, 0.6) is 11.5 Å². The fraction of sp³-hybridized carbons (Fsp3) is 0.214. The van der Waals surface area contributed by atoms with E-state index in [1.54, 1.807) is 54.3 Å². The zero-order chi connectivity index (χ0) is 28.5. The van der Waals surface area contributed by atoms with Gasteiger partial charge in [0, 0.05) is 18.2 Å². The molecule has 11 nitrogen and oxygen atoms in total. The van der Waals surface area contributed by atoms with Crippen LogP contribution < -0.4 is 20.3 Å². The predicted molar refractivity (Wildman–Crippen MR) is 150 cm³/mol. The summed E-state index contributed by atoms with van der Waals surface area (Å²) in [7, 11) is 0. The van der Waals surface area contributed by atoms with Gasteiger partial charge < -0.3 is 20.3 Å². The van der Waals surface area contributed by atoms with Gasteiger partial charge in [-0.3, -0.25) is 4.79 Å². The van der Waals surface area contributed by atoms with Crippen molar-refractivity contribution in [2.45, 2.75) is 25.6 Å². The van der Waals surface area contributed by atoms with Crippen molar-refractivity contribution in [1.29, 1.82) is 0 Å². The summed E-state index contributed by atoms with van der Waals surface area (Å²) >= 11 is 0. The SMILES string of the molecule is C=CC(=O)N[C@@H]1CCN(c2ccc3ncnc(Nc4ccc(Oc5ccc6n[nH]nc6c5)c(C)c4F)c3n2)C[C@@H]1F. The molecule has 1 saturated heterocycles. The van der Waals surface area contributed by atoms with Gasteiger partial charge in [0.1, 0.15) is 46.4 Å². The van der Waals surface area contributed by atoms with E-state index >= 15 is 4.39 Å². The normalized spacial score (nSPS) is 17.0. The molecule has 6 rings (SSSR count). The number of benzene rings is 2. The van der Waals surface area contributed by atoms with Gasteiger partial charge in [0.15, 0.2) is 11.6 Å². The number of alkyl halides is 1. The number of carbonyl (C=O) groups excluding carboxylic acids is 1. The summed E-state index contributed by atoms with van der Waals surface area (Å²) in [5.41, 5.74) is 2.74. The fourth-order valence-electron chi connectivity index (χ4n) is 4.73. The van der Waals surface area contributed by atoms with Crippen LogP contribution in [0.25, 0.3) is 22.1 Å². The summed E-state index contributed by atoms with van der Waals surface area (Å²) in [4.78, 5) is 26.7. The van der Waals surface area contributed by atoms with Gasteiger partial charge >= 0.3 is 0 Å². The molecule has 0 radical (unpaired) electrons. The molecular formula is C28H25F2N9O2. The number of nitrogens with one attached hydrogen (secondary N) is 3. The number of H-pyrrole nitrogens is 1. The van der Waals surface area contributed by atoms with Gasteiger partial charge in [0.05, 0.1) is 23.8 Å². The Morgan fingerprint density at radius 1 is 1.15 bits per heavy atom. The van der Waals surface area contributed by atoms with E-state index in [0.717, 1.165) is 6.08 Å². The standard InChI is InChI=1S/C28H25F2N9O2/c1-3-25(40)33-18-10-11-39(13-17(18)29)24-9-7-21-27(35-24)28(32-14-31-21)34-20-6-8-23(15(2)26(20)30)41-16-4-5-19-22(12-16)37-38-36-19/h3-9,12,14,17-18H,1,10-11,13H2,2H3,(H,33,40)(H,31,32,34)(H,36,37,38)/t17-,18+/m0/s1. The largest absolute Gasteiger partial charge is 0.457 e. The van der Waals surface area contributed by atoms with Crippen LogP contribution in [-0.4, -0.2) is 61.6 Å². The first kappa shape index (κ1) is 26.0. The number of hydrogen-bond donors (Lipinski definition) is 3. The first-order chi connectivity index (χ1) is 19.9. The van der Waals surface area contributed by atoms with Gasteiger partial charge in [-0.05, 0) is 55.8 Å². The molecular weight excluding hydrogens is 532 g/mol. The highest BCUT2D eigenvalue weighted by Gasteiger charge is 2.30.